The largest absolute Gasteiger partial charge is 0.354 e. The van der Waals surface area contributed by atoms with Crippen molar-refractivity contribution in [2.75, 3.05) is 25.4 Å². The highest BCUT2D eigenvalue weighted by atomic mass is 32.2. The number of nitrogens with one attached hydrogen (secondary N) is 2. The maximum Gasteiger partial charge on any atom is 0.230 e. The van der Waals surface area contributed by atoms with Crippen LogP contribution in [0.1, 0.15) is 26.2 Å². The summed E-state index contributed by atoms with van der Waals surface area (Å²) in [4.78, 5) is 11.5. The van der Waals surface area contributed by atoms with Crippen LogP contribution >= 0.6 is 11.8 Å². The van der Waals surface area contributed by atoms with Crippen molar-refractivity contribution >= 4 is 17.7 Å². The molecule has 0 unspecified atom stereocenters. The molecule has 1 aliphatic rings. The minimum absolute atomic E-state index is 0.140. The quantitative estimate of drug-likeness (QED) is 0.556. The van der Waals surface area contributed by atoms with Gasteiger partial charge < -0.3 is 10.6 Å². The predicted molar refractivity (Wildman–Crippen MR) is 69.4 cm³/mol. The number of hydrogen-bond acceptors (Lipinski definition) is 3. The van der Waals surface area contributed by atoms with Crippen LogP contribution in [0.5, 0.6) is 0 Å². The Balaban J connectivity index is 2.02. The van der Waals surface area contributed by atoms with Gasteiger partial charge in [-0.05, 0) is 32.9 Å². The van der Waals surface area contributed by atoms with Gasteiger partial charge in [-0.25, -0.2) is 0 Å². The van der Waals surface area contributed by atoms with E-state index in [4.69, 9.17) is 0 Å². The number of hydrogen-bond donors (Lipinski definition) is 2. The van der Waals surface area contributed by atoms with Gasteiger partial charge in [0, 0.05) is 18.2 Å². The first-order chi connectivity index (χ1) is 7.83. The van der Waals surface area contributed by atoms with Gasteiger partial charge in [-0.3, -0.25) is 4.79 Å². The van der Waals surface area contributed by atoms with Crippen LogP contribution in [-0.4, -0.2) is 36.5 Å². The average molecular weight is 240 g/mol. The lowest BCUT2D eigenvalue weighted by molar-refractivity contribution is -0.118. The van der Waals surface area contributed by atoms with Crippen molar-refractivity contribution in [3.63, 3.8) is 0 Å². The zero-order valence-corrected chi connectivity index (χ0v) is 10.7. The van der Waals surface area contributed by atoms with Crippen LogP contribution in [0.25, 0.3) is 0 Å². The molecule has 0 saturated carbocycles. The first-order valence-corrected chi connectivity index (χ1v) is 6.86. The van der Waals surface area contributed by atoms with Crippen molar-refractivity contribution < 1.29 is 4.79 Å². The van der Waals surface area contributed by atoms with Gasteiger partial charge in [0.2, 0.25) is 5.91 Å². The number of thioether (sulfide) groups is 1. The van der Waals surface area contributed by atoms with Crippen LogP contribution in [0, 0.1) is 11.8 Å². The Morgan fingerprint density at radius 1 is 1.50 bits per heavy atom. The van der Waals surface area contributed by atoms with Crippen molar-refractivity contribution in [3.8, 4) is 11.8 Å². The van der Waals surface area contributed by atoms with Gasteiger partial charge in [0.15, 0.2) is 0 Å². The molecule has 1 heterocycles. The smallest absolute Gasteiger partial charge is 0.230 e. The second-order valence-corrected chi connectivity index (χ2v) is 5.08. The van der Waals surface area contributed by atoms with Crippen LogP contribution in [0.2, 0.25) is 0 Å². The van der Waals surface area contributed by atoms with Crippen LogP contribution < -0.4 is 10.6 Å². The third-order valence-corrected chi connectivity index (χ3v) is 3.86. The summed E-state index contributed by atoms with van der Waals surface area (Å²) in [5.74, 6) is 6.47. The lowest BCUT2D eigenvalue weighted by Crippen LogP contribution is -2.31. The second-order valence-electron chi connectivity index (χ2n) is 3.79. The molecule has 0 aromatic rings. The van der Waals surface area contributed by atoms with E-state index in [1.165, 1.54) is 12.8 Å². The fraction of sp³-hybridized carbons (Fsp3) is 0.750. The molecule has 90 valence electrons. The molecule has 0 spiro atoms. The summed E-state index contributed by atoms with van der Waals surface area (Å²) in [6.45, 7) is 4.66. The molecular formula is C12H20N2OS. The van der Waals surface area contributed by atoms with Crippen LogP contribution in [0.3, 0.4) is 0 Å². The van der Waals surface area contributed by atoms with Crippen molar-refractivity contribution in [2.45, 2.75) is 31.4 Å². The van der Waals surface area contributed by atoms with Gasteiger partial charge in [0.25, 0.3) is 0 Å². The molecule has 3 nitrogen and oxygen atoms in total. The highest BCUT2D eigenvalue weighted by molar-refractivity contribution is 8.00. The van der Waals surface area contributed by atoms with E-state index in [9.17, 15) is 4.79 Å². The molecule has 1 fully saturated rings. The topological polar surface area (TPSA) is 41.1 Å². The fourth-order valence-electron chi connectivity index (χ4n) is 1.60. The van der Waals surface area contributed by atoms with Gasteiger partial charge in [-0.15, -0.1) is 23.6 Å². The van der Waals surface area contributed by atoms with E-state index in [1.807, 2.05) is 6.92 Å². The Morgan fingerprint density at radius 3 is 2.94 bits per heavy atom. The fourth-order valence-corrected chi connectivity index (χ4v) is 2.65. The summed E-state index contributed by atoms with van der Waals surface area (Å²) in [5, 5.41) is 6.86. The number of carbonyl (C=O) groups is 1. The van der Waals surface area contributed by atoms with E-state index >= 15 is 0 Å². The second kappa shape index (κ2) is 8.49. The maximum absolute atomic E-state index is 11.5. The summed E-state index contributed by atoms with van der Waals surface area (Å²) >= 11 is 1.78. The normalized spacial score (nSPS) is 16.3. The molecular weight excluding hydrogens is 220 g/mol. The third-order valence-electron chi connectivity index (χ3n) is 2.49. The molecule has 2 N–H and O–H groups in total. The minimum atomic E-state index is 0.140. The molecule has 0 radical (unpaired) electrons. The van der Waals surface area contributed by atoms with Crippen LogP contribution in [-0.2, 0) is 4.79 Å². The Kier molecular flexibility index (Phi) is 7.11. The SMILES string of the molecule is CC#CCCNC(=O)CSC1CCNCC1. The van der Waals surface area contributed by atoms with E-state index in [-0.39, 0.29) is 5.91 Å². The van der Waals surface area contributed by atoms with Crippen molar-refractivity contribution in [1.29, 1.82) is 0 Å². The molecule has 1 amide bonds. The van der Waals surface area contributed by atoms with E-state index < -0.39 is 0 Å². The molecule has 0 aromatic heterocycles. The first-order valence-electron chi connectivity index (χ1n) is 5.81. The van der Waals surface area contributed by atoms with E-state index in [0.29, 0.717) is 17.5 Å². The van der Waals surface area contributed by atoms with Crippen molar-refractivity contribution in [3.05, 3.63) is 0 Å². The maximum atomic E-state index is 11.5. The molecule has 1 rings (SSSR count). The highest BCUT2D eigenvalue weighted by Gasteiger charge is 2.14. The summed E-state index contributed by atoms with van der Waals surface area (Å²) < 4.78 is 0. The lowest BCUT2D eigenvalue weighted by atomic mass is 10.2. The molecule has 0 atom stereocenters. The predicted octanol–water partition coefficient (Wildman–Crippen LogP) is 1.00. The van der Waals surface area contributed by atoms with Gasteiger partial charge in [0.05, 0.1) is 5.75 Å². The zero-order valence-electron chi connectivity index (χ0n) is 9.84. The minimum Gasteiger partial charge on any atom is -0.354 e. The van der Waals surface area contributed by atoms with Gasteiger partial charge in [-0.1, -0.05) is 0 Å². The number of rotatable bonds is 5. The summed E-state index contributed by atoms with van der Waals surface area (Å²) in [6, 6.07) is 0. The molecule has 0 bridgehead atoms. The standard InChI is InChI=1S/C12H20N2OS/c1-2-3-4-7-14-12(15)10-16-11-5-8-13-9-6-11/h11,13H,4-10H2,1H3,(H,14,15). The zero-order chi connectivity index (χ0) is 11.6. The summed E-state index contributed by atoms with van der Waals surface area (Å²) in [5.41, 5.74) is 0. The van der Waals surface area contributed by atoms with Crippen molar-refractivity contribution in [2.24, 2.45) is 0 Å². The monoisotopic (exact) mass is 240 g/mol. The van der Waals surface area contributed by atoms with Gasteiger partial charge in [0.1, 0.15) is 0 Å². The Morgan fingerprint density at radius 2 is 2.25 bits per heavy atom. The lowest BCUT2D eigenvalue weighted by Gasteiger charge is -2.21. The Hall–Kier alpha value is -0.660. The van der Waals surface area contributed by atoms with E-state index in [2.05, 4.69) is 22.5 Å². The number of amides is 1. The summed E-state index contributed by atoms with van der Waals surface area (Å²) in [7, 11) is 0. The van der Waals surface area contributed by atoms with Crippen molar-refractivity contribution in [1.82, 2.24) is 10.6 Å². The van der Waals surface area contributed by atoms with Crippen LogP contribution in [0.4, 0.5) is 0 Å². The summed E-state index contributed by atoms with van der Waals surface area (Å²) in [6.07, 6.45) is 3.11. The third kappa shape index (κ3) is 6.04. The number of carbonyl (C=O) groups excluding carboxylic acids is 1. The first kappa shape index (κ1) is 13.4. The van der Waals surface area contributed by atoms with E-state index in [1.54, 1.807) is 11.8 Å². The number of piperidine rings is 1. The molecule has 16 heavy (non-hydrogen) atoms. The van der Waals surface area contributed by atoms with Gasteiger partial charge >= 0.3 is 0 Å². The molecule has 1 saturated heterocycles. The molecule has 4 heteroatoms. The Labute approximate surface area is 102 Å². The molecule has 0 aromatic carbocycles. The van der Waals surface area contributed by atoms with E-state index in [0.717, 1.165) is 19.5 Å². The highest BCUT2D eigenvalue weighted by Crippen LogP contribution is 2.19. The van der Waals surface area contributed by atoms with Gasteiger partial charge in [-0.2, -0.15) is 0 Å². The molecule has 0 aliphatic carbocycles. The molecule has 1 aliphatic heterocycles. The van der Waals surface area contributed by atoms with Crippen LogP contribution in [0.15, 0.2) is 0 Å². The Bertz CT molecular complexity index is 264. The average Bonchev–Trinajstić information content (AvgIpc) is 2.33.